The average molecular weight is 176 g/mol. The van der Waals surface area contributed by atoms with Gasteiger partial charge >= 0.3 is 0 Å². The molecule has 0 saturated heterocycles. The predicted octanol–water partition coefficient (Wildman–Crippen LogP) is 2.59. The molecule has 0 aliphatic carbocycles. The predicted molar refractivity (Wildman–Crippen MR) is 52.1 cm³/mol. The summed E-state index contributed by atoms with van der Waals surface area (Å²) in [6.45, 7) is 0. The van der Waals surface area contributed by atoms with E-state index in [1.807, 2.05) is 30.3 Å². The Labute approximate surface area is 77.0 Å². The van der Waals surface area contributed by atoms with Gasteiger partial charge in [-0.2, -0.15) is 5.26 Å². The molecule has 0 heterocycles. The van der Waals surface area contributed by atoms with Crippen molar-refractivity contribution in [1.82, 2.24) is 0 Å². The van der Waals surface area contributed by atoms with Gasteiger partial charge in [0.25, 0.3) is 0 Å². The molecule has 60 valence electrons. The summed E-state index contributed by atoms with van der Waals surface area (Å²) in [5, 5.41) is 8.25. The molecule has 0 aliphatic heterocycles. The van der Waals surface area contributed by atoms with Gasteiger partial charge in [-0.25, -0.2) is 0 Å². The Morgan fingerprint density at radius 1 is 1.50 bits per heavy atom. The summed E-state index contributed by atoms with van der Waals surface area (Å²) in [4.78, 5) is 4.90. The number of nitriles is 1. The maximum Gasteiger partial charge on any atom is 0.0759 e. The third-order valence-electron chi connectivity index (χ3n) is 1.29. The lowest BCUT2D eigenvalue weighted by atomic mass is 10.3. The van der Waals surface area contributed by atoms with Gasteiger partial charge in [0.2, 0.25) is 0 Å². The van der Waals surface area contributed by atoms with Crippen LogP contribution in [0.5, 0.6) is 0 Å². The fraction of sp³-hybridized carbons (Fsp3) is 0.111. The van der Waals surface area contributed by atoms with E-state index in [1.54, 1.807) is 6.21 Å². The van der Waals surface area contributed by atoms with Crippen molar-refractivity contribution in [3.8, 4) is 6.07 Å². The minimum absolute atomic E-state index is 0.335. The van der Waals surface area contributed by atoms with E-state index >= 15 is 0 Å². The molecule has 0 bridgehead atoms. The van der Waals surface area contributed by atoms with Crippen molar-refractivity contribution in [2.75, 3.05) is 0 Å². The summed E-state index contributed by atoms with van der Waals surface area (Å²) >= 11 is 4.20. The second kappa shape index (κ2) is 4.58. The topological polar surface area (TPSA) is 36.1 Å². The van der Waals surface area contributed by atoms with Crippen molar-refractivity contribution in [2.45, 2.75) is 11.3 Å². The molecule has 0 radical (unpaired) electrons. The number of para-hydroxylation sites is 1. The van der Waals surface area contributed by atoms with Crippen molar-refractivity contribution < 1.29 is 0 Å². The Balaban J connectivity index is 2.77. The van der Waals surface area contributed by atoms with E-state index in [9.17, 15) is 0 Å². The van der Waals surface area contributed by atoms with Crippen LogP contribution >= 0.6 is 12.6 Å². The van der Waals surface area contributed by atoms with Crippen molar-refractivity contribution in [3.05, 3.63) is 24.3 Å². The normalized spacial score (nSPS) is 10.0. The Morgan fingerprint density at radius 2 is 2.25 bits per heavy atom. The number of hydrogen-bond donors (Lipinski definition) is 1. The highest BCUT2D eigenvalue weighted by Crippen LogP contribution is 2.21. The smallest absolute Gasteiger partial charge is 0.0759 e. The zero-order chi connectivity index (χ0) is 8.81. The highest BCUT2D eigenvalue weighted by Gasteiger charge is 1.91. The molecule has 0 saturated carbocycles. The van der Waals surface area contributed by atoms with E-state index in [1.165, 1.54) is 0 Å². The molecule has 1 aromatic rings. The van der Waals surface area contributed by atoms with E-state index < -0.39 is 0 Å². The number of rotatable bonds is 2. The molecule has 0 amide bonds. The molecule has 0 aromatic heterocycles. The standard InChI is InChI=1S/C9H8N2S/c10-6-3-7-11-8-4-1-2-5-9(8)12/h1-2,4-5,7,12H,3H2. The summed E-state index contributed by atoms with van der Waals surface area (Å²) < 4.78 is 0. The van der Waals surface area contributed by atoms with Crippen molar-refractivity contribution in [1.29, 1.82) is 5.26 Å². The molecule has 0 fully saturated rings. The molecule has 0 aliphatic rings. The van der Waals surface area contributed by atoms with Gasteiger partial charge in [0.05, 0.1) is 18.2 Å². The molecule has 0 unspecified atom stereocenters. The van der Waals surface area contributed by atoms with Gasteiger partial charge in [0.15, 0.2) is 0 Å². The van der Waals surface area contributed by atoms with Crippen LogP contribution in [0.1, 0.15) is 6.42 Å². The monoisotopic (exact) mass is 176 g/mol. The molecule has 3 heteroatoms. The van der Waals surface area contributed by atoms with Crippen LogP contribution in [0, 0.1) is 11.3 Å². The van der Waals surface area contributed by atoms with Crippen LogP contribution in [0.15, 0.2) is 34.2 Å². The maximum atomic E-state index is 8.25. The van der Waals surface area contributed by atoms with E-state index in [-0.39, 0.29) is 0 Å². The summed E-state index contributed by atoms with van der Waals surface area (Å²) in [6, 6.07) is 9.49. The van der Waals surface area contributed by atoms with Gasteiger partial charge in [0, 0.05) is 11.1 Å². The Morgan fingerprint density at radius 3 is 2.92 bits per heavy atom. The van der Waals surface area contributed by atoms with Crippen LogP contribution in [0.25, 0.3) is 0 Å². The van der Waals surface area contributed by atoms with Gasteiger partial charge in [-0.3, -0.25) is 4.99 Å². The first-order chi connectivity index (χ1) is 5.84. The van der Waals surface area contributed by atoms with Crippen LogP contribution in [-0.4, -0.2) is 6.21 Å². The minimum Gasteiger partial charge on any atom is -0.259 e. The molecular formula is C9H8N2S. The zero-order valence-electron chi connectivity index (χ0n) is 6.44. The van der Waals surface area contributed by atoms with Gasteiger partial charge in [0.1, 0.15) is 0 Å². The maximum absolute atomic E-state index is 8.25. The number of nitrogens with zero attached hydrogens (tertiary/aromatic N) is 2. The number of hydrogen-bond acceptors (Lipinski definition) is 3. The SMILES string of the molecule is N#CCC=Nc1ccccc1S. The molecule has 2 nitrogen and oxygen atoms in total. The van der Waals surface area contributed by atoms with Gasteiger partial charge in [-0.1, -0.05) is 12.1 Å². The van der Waals surface area contributed by atoms with E-state index in [0.717, 1.165) is 10.6 Å². The summed E-state index contributed by atoms with van der Waals surface area (Å²) in [5.74, 6) is 0. The van der Waals surface area contributed by atoms with E-state index in [0.29, 0.717) is 6.42 Å². The first-order valence-electron chi connectivity index (χ1n) is 3.52. The van der Waals surface area contributed by atoms with Crippen LogP contribution in [0.4, 0.5) is 5.69 Å². The summed E-state index contributed by atoms with van der Waals surface area (Å²) in [5.41, 5.74) is 0.802. The second-order valence-corrected chi connectivity index (χ2v) is 2.64. The van der Waals surface area contributed by atoms with Crippen molar-refractivity contribution in [2.24, 2.45) is 4.99 Å². The van der Waals surface area contributed by atoms with E-state index in [4.69, 9.17) is 5.26 Å². The molecule has 0 N–H and O–H groups in total. The highest BCUT2D eigenvalue weighted by molar-refractivity contribution is 7.80. The summed E-state index contributed by atoms with van der Waals surface area (Å²) in [6.07, 6.45) is 1.91. The van der Waals surface area contributed by atoms with Crippen molar-refractivity contribution >= 4 is 24.5 Å². The Bertz CT molecular complexity index is 326. The van der Waals surface area contributed by atoms with Crippen LogP contribution in [0.2, 0.25) is 0 Å². The molecule has 0 spiro atoms. The van der Waals surface area contributed by atoms with Gasteiger partial charge < -0.3 is 0 Å². The lowest BCUT2D eigenvalue weighted by molar-refractivity contribution is 1.36. The second-order valence-electron chi connectivity index (χ2n) is 2.16. The third kappa shape index (κ3) is 2.40. The molecule has 0 atom stereocenters. The highest BCUT2D eigenvalue weighted by atomic mass is 32.1. The van der Waals surface area contributed by atoms with Crippen LogP contribution in [-0.2, 0) is 0 Å². The largest absolute Gasteiger partial charge is 0.259 e. The fourth-order valence-electron chi connectivity index (χ4n) is 0.758. The lowest BCUT2D eigenvalue weighted by Crippen LogP contribution is -1.71. The first-order valence-corrected chi connectivity index (χ1v) is 3.97. The lowest BCUT2D eigenvalue weighted by Gasteiger charge is -1.95. The van der Waals surface area contributed by atoms with Gasteiger partial charge in [-0.15, -0.1) is 12.6 Å². The Hall–Kier alpha value is -1.27. The van der Waals surface area contributed by atoms with Crippen LogP contribution in [0.3, 0.4) is 0 Å². The average Bonchev–Trinajstić information content (AvgIpc) is 2.09. The molecular weight excluding hydrogens is 168 g/mol. The van der Waals surface area contributed by atoms with Crippen molar-refractivity contribution in [3.63, 3.8) is 0 Å². The first kappa shape index (κ1) is 8.82. The number of aliphatic imine (C=N–C) groups is 1. The fourth-order valence-corrected chi connectivity index (χ4v) is 0.976. The molecule has 1 aromatic carbocycles. The van der Waals surface area contributed by atoms with Gasteiger partial charge in [-0.05, 0) is 12.1 Å². The minimum atomic E-state index is 0.335. The number of thiol groups is 1. The quantitative estimate of drug-likeness (QED) is 0.545. The zero-order valence-corrected chi connectivity index (χ0v) is 7.33. The Kier molecular flexibility index (Phi) is 3.36. The summed E-state index contributed by atoms with van der Waals surface area (Å²) in [7, 11) is 0. The van der Waals surface area contributed by atoms with E-state index in [2.05, 4.69) is 17.6 Å². The molecule has 1 rings (SSSR count). The number of benzene rings is 1. The molecule has 12 heavy (non-hydrogen) atoms. The third-order valence-corrected chi connectivity index (χ3v) is 1.67. The van der Waals surface area contributed by atoms with Crippen LogP contribution < -0.4 is 0 Å².